The van der Waals surface area contributed by atoms with Crippen LogP contribution in [-0.4, -0.2) is 33.1 Å². The minimum Gasteiger partial charge on any atom is -0.350 e. The Labute approximate surface area is 163 Å². The van der Waals surface area contributed by atoms with E-state index in [1.807, 2.05) is 44.2 Å². The van der Waals surface area contributed by atoms with Crippen molar-refractivity contribution >= 4 is 11.8 Å². The van der Waals surface area contributed by atoms with E-state index in [1.54, 1.807) is 23.1 Å². The Morgan fingerprint density at radius 3 is 2.29 bits per heavy atom. The Hall–Kier alpha value is -3.48. The van der Waals surface area contributed by atoms with E-state index in [9.17, 15) is 9.59 Å². The summed E-state index contributed by atoms with van der Waals surface area (Å²) in [5.74, 6) is -0.483. The number of hydrogen-bond acceptors (Lipinski definition) is 4. The van der Waals surface area contributed by atoms with Crippen molar-refractivity contribution < 1.29 is 9.59 Å². The lowest BCUT2D eigenvalue weighted by atomic mass is 10.1. The molecule has 3 rings (SSSR count). The molecule has 144 valence electrons. The third kappa shape index (κ3) is 5.51. The molecule has 0 bridgehead atoms. The molecule has 0 atom stereocenters. The van der Waals surface area contributed by atoms with Crippen molar-refractivity contribution in [2.45, 2.75) is 26.9 Å². The van der Waals surface area contributed by atoms with E-state index in [0.29, 0.717) is 18.7 Å². The van der Waals surface area contributed by atoms with Gasteiger partial charge < -0.3 is 10.6 Å². The van der Waals surface area contributed by atoms with Gasteiger partial charge in [-0.25, -0.2) is 9.67 Å². The van der Waals surface area contributed by atoms with Gasteiger partial charge in [0.2, 0.25) is 5.91 Å². The fourth-order valence-electron chi connectivity index (χ4n) is 2.90. The summed E-state index contributed by atoms with van der Waals surface area (Å²) in [7, 11) is 0. The van der Waals surface area contributed by atoms with Gasteiger partial charge in [-0.05, 0) is 37.1 Å². The summed E-state index contributed by atoms with van der Waals surface area (Å²) in [5, 5.41) is 9.54. The molecule has 28 heavy (non-hydrogen) atoms. The van der Waals surface area contributed by atoms with Crippen molar-refractivity contribution in [3.05, 3.63) is 82.9 Å². The van der Waals surface area contributed by atoms with Crippen LogP contribution in [0.15, 0.2) is 55.1 Å². The van der Waals surface area contributed by atoms with Crippen molar-refractivity contribution in [3.8, 4) is 0 Å². The van der Waals surface area contributed by atoms with Gasteiger partial charge in [0.1, 0.15) is 12.7 Å². The van der Waals surface area contributed by atoms with Crippen LogP contribution in [0.5, 0.6) is 0 Å². The van der Waals surface area contributed by atoms with Crippen molar-refractivity contribution in [3.63, 3.8) is 0 Å². The van der Waals surface area contributed by atoms with Crippen LogP contribution < -0.4 is 10.6 Å². The lowest BCUT2D eigenvalue weighted by Gasteiger charge is -2.09. The minimum atomic E-state index is -0.251. The van der Waals surface area contributed by atoms with E-state index in [2.05, 4.69) is 20.7 Å². The number of nitrogens with one attached hydrogen (secondary N) is 2. The first-order valence-electron chi connectivity index (χ1n) is 9.03. The zero-order chi connectivity index (χ0) is 19.9. The summed E-state index contributed by atoms with van der Waals surface area (Å²) < 4.78 is 1.75. The quantitative estimate of drug-likeness (QED) is 0.659. The Kier molecular flexibility index (Phi) is 6.16. The molecule has 2 N–H and O–H groups in total. The second-order valence-corrected chi connectivity index (χ2v) is 6.75. The van der Waals surface area contributed by atoms with Gasteiger partial charge in [0.15, 0.2) is 0 Å². The number of hydrogen-bond donors (Lipinski definition) is 2. The molecule has 0 saturated carbocycles. The number of aryl methyl sites for hydroxylation is 2. The first-order chi connectivity index (χ1) is 13.5. The third-order valence-electron chi connectivity index (χ3n) is 4.22. The molecule has 2 amide bonds. The molecule has 0 fully saturated rings. The molecule has 7 nitrogen and oxygen atoms in total. The molecule has 0 aliphatic heterocycles. The number of rotatable bonds is 7. The highest BCUT2D eigenvalue weighted by Gasteiger charge is 2.09. The predicted octanol–water partition coefficient (Wildman–Crippen LogP) is 1.99. The van der Waals surface area contributed by atoms with Gasteiger partial charge in [0.25, 0.3) is 5.91 Å². The zero-order valence-electron chi connectivity index (χ0n) is 16.0. The van der Waals surface area contributed by atoms with E-state index < -0.39 is 0 Å². The van der Waals surface area contributed by atoms with Crippen LogP contribution in [-0.2, 0) is 17.9 Å². The van der Waals surface area contributed by atoms with Gasteiger partial charge in [-0.2, -0.15) is 5.10 Å². The molecule has 1 aromatic heterocycles. The fourth-order valence-corrected chi connectivity index (χ4v) is 2.90. The third-order valence-corrected chi connectivity index (χ3v) is 4.22. The molecule has 7 heteroatoms. The summed E-state index contributed by atoms with van der Waals surface area (Å²) in [6.45, 7) is 4.87. The number of amides is 2. The largest absolute Gasteiger partial charge is 0.350 e. The van der Waals surface area contributed by atoms with Gasteiger partial charge in [-0.15, -0.1) is 0 Å². The van der Waals surface area contributed by atoms with Crippen LogP contribution in [0.25, 0.3) is 0 Å². The molecule has 1 heterocycles. The zero-order valence-corrected chi connectivity index (χ0v) is 16.0. The molecule has 0 aliphatic rings. The number of aromatic nitrogens is 3. The average molecular weight is 377 g/mol. The molecule has 0 unspecified atom stereocenters. The molecular formula is C21H23N5O2. The standard InChI is InChI=1S/C21H23N5O2/c1-15-7-16(2)9-19(8-15)21(28)24-11-20(27)23-10-17-3-5-18(6-4-17)12-26-14-22-13-25-26/h3-9,13-14H,10-12H2,1-2H3,(H,23,27)(H,24,28). The second kappa shape index (κ2) is 8.94. The molecular weight excluding hydrogens is 354 g/mol. The smallest absolute Gasteiger partial charge is 0.251 e. The first-order valence-corrected chi connectivity index (χ1v) is 9.03. The maximum absolute atomic E-state index is 12.2. The maximum atomic E-state index is 12.2. The topological polar surface area (TPSA) is 88.9 Å². The summed E-state index contributed by atoms with van der Waals surface area (Å²) in [5.41, 5.74) is 4.68. The van der Waals surface area contributed by atoms with E-state index in [4.69, 9.17) is 0 Å². The molecule has 0 aliphatic carbocycles. The second-order valence-electron chi connectivity index (χ2n) is 6.75. The highest BCUT2D eigenvalue weighted by Crippen LogP contribution is 2.08. The summed E-state index contributed by atoms with van der Waals surface area (Å²) >= 11 is 0. The van der Waals surface area contributed by atoms with E-state index in [-0.39, 0.29) is 18.4 Å². The van der Waals surface area contributed by atoms with Gasteiger partial charge in [-0.1, -0.05) is 41.5 Å². The van der Waals surface area contributed by atoms with Crippen LogP contribution in [0, 0.1) is 13.8 Å². The minimum absolute atomic E-state index is 0.0593. The number of carbonyl (C=O) groups is 2. The maximum Gasteiger partial charge on any atom is 0.251 e. The van der Waals surface area contributed by atoms with Crippen LogP contribution in [0.2, 0.25) is 0 Å². The van der Waals surface area contributed by atoms with Crippen LogP contribution in [0.4, 0.5) is 0 Å². The summed E-state index contributed by atoms with van der Waals surface area (Å²) in [6.07, 6.45) is 3.17. The number of nitrogens with zero attached hydrogens (tertiary/aromatic N) is 3. The van der Waals surface area contributed by atoms with Gasteiger partial charge in [0.05, 0.1) is 13.1 Å². The Morgan fingerprint density at radius 1 is 0.964 bits per heavy atom. The van der Waals surface area contributed by atoms with E-state index >= 15 is 0 Å². The highest BCUT2D eigenvalue weighted by molar-refractivity contribution is 5.96. The molecule has 0 radical (unpaired) electrons. The normalized spacial score (nSPS) is 10.5. The monoisotopic (exact) mass is 377 g/mol. The molecule has 2 aromatic carbocycles. The van der Waals surface area contributed by atoms with Crippen molar-refractivity contribution in [2.75, 3.05) is 6.54 Å². The van der Waals surface area contributed by atoms with Crippen LogP contribution >= 0.6 is 0 Å². The number of benzene rings is 2. The lowest BCUT2D eigenvalue weighted by molar-refractivity contribution is -0.120. The van der Waals surface area contributed by atoms with E-state index in [0.717, 1.165) is 22.3 Å². The van der Waals surface area contributed by atoms with Crippen molar-refractivity contribution in [2.24, 2.45) is 0 Å². The lowest BCUT2D eigenvalue weighted by Crippen LogP contribution is -2.36. The molecule has 0 spiro atoms. The van der Waals surface area contributed by atoms with E-state index in [1.165, 1.54) is 6.33 Å². The van der Waals surface area contributed by atoms with Gasteiger partial charge >= 0.3 is 0 Å². The van der Waals surface area contributed by atoms with Crippen molar-refractivity contribution in [1.82, 2.24) is 25.4 Å². The fraction of sp³-hybridized carbons (Fsp3) is 0.238. The van der Waals surface area contributed by atoms with Crippen LogP contribution in [0.1, 0.15) is 32.6 Å². The van der Waals surface area contributed by atoms with Crippen molar-refractivity contribution in [1.29, 1.82) is 0 Å². The summed E-state index contributed by atoms with van der Waals surface area (Å²) in [6, 6.07) is 13.5. The number of carbonyl (C=O) groups excluding carboxylic acids is 2. The Balaban J connectivity index is 1.44. The first kappa shape index (κ1) is 19.3. The highest BCUT2D eigenvalue weighted by atomic mass is 16.2. The van der Waals surface area contributed by atoms with Crippen LogP contribution in [0.3, 0.4) is 0 Å². The molecule has 0 saturated heterocycles. The Morgan fingerprint density at radius 2 is 1.64 bits per heavy atom. The average Bonchev–Trinajstić information content (AvgIpc) is 3.18. The SMILES string of the molecule is Cc1cc(C)cc(C(=O)NCC(=O)NCc2ccc(Cn3cncn3)cc2)c1. The Bertz CT molecular complexity index is 929. The van der Waals surface area contributed by atoms with Gasteiger partial charge in [-0.3, -0.25) is 9.59 Å². The molecule has 3 aromatic rings. The van der Waals surface area contributed by atoms with Gasteiger partial charge in [0, 0.05) is 12.1 Å². The predicted molar refractivity (Wildman–Crippen MR) is 106 cm³/mol. The summed E-state index contributed by atoms with van der Waals surface area (Å²) in [4.78, 5) is 28.1.